The van der Waals surface area contributed by atoms with Gasteiger partial charge < -0.3 is 20.0 Å². The van der Waals surface area contributed by atoms with E-state index in [-0.39, 0.29) is 0 Å². The number of halogens is 1. The standard InChI is InChI=1S/C26H32FN7/c1-4-19(2)31-13-15-32(16-14-31)23-7-5-22(6-8-23)29-20(3)24-17-28-34-12-10-25(30-26(24)34)33-11-9-21(27)18-33/h5-8,10,12,17,21,29H,2-4,9,11,13-16,18H2,1H3. The van der Waals surface area contributed by atoms with Crippen LogP contribution in [-0.2, 0) is 0 Å². The molecule has 178 valence electrons. The van der Waals surface area contributed by atoms with E-state index in [0.29, 0.717) is 25.2 Å². The molecule has 34 heavy (non-hydrogen) atoms. The summed E-state index contributed by atoms with van der Waals surface area (Å²) >= 11 is 0. The van der Waals surface area contributed by atoms with Gasteiger partial charge in [-0.25, -0.2) is 13.9 Å². The molecule has 8 heteroatoms. The molecule has 5 rings (SSSR count). The Hall–Kier alpha value is -3.55. The third-order valence-corrected chi connectivity index (χ3v) is 6.80. The van der Waals surface area contributed by atoms with Crippen LogP contribution in [0.25, 0.3) is 11.3 Å². The van der Waals surface area contributed by atoms with E-state index < -0.39 is 6.17 Å². The first-order valence-electron chi connectivity index (χ1n) is 12.0. The minimum absolute atomic E-state index is 0.389. The first kappa shape index (κ1) is 22.3. The number of hydrogen-bond donors (Lipinski definition) is 1. The van der Waals surface area contributed by atoms with Crippen LogP contribution in [0.4, 0.5) is 21.6 Å². The topological polar surface area (TPSA) is 51.9 Å². The molecular weight excluding hydrogens is 429 g/mol. The molecule has 2 aliphatic rings. The van der Waals surface area contributed by atoms with E-state index in [0.717, 1.165) is 55.4 Å². The zero-order chi connectivity index (χ0) is 23.7. The maximum atomic E-state index is 13.7. The quantitative estimate of drug-likeness (QED) is 0.563. The molecule has 0 radical (unpaired) electrons. The smallest absolute Gasteiger partial charge is 0.166 e. The SMILES string of the molecule is C=C(Nc1ccc(N2CCN(C(=C)CC)CC2)cc1)c1cnn2ccc(N3CCC(F)C3)nc12. The fourth-order valence-electron chi connectivity index (χ4n) is 4.68. The number of aromatic nitrogens is 3. The minimum Gasteiger partial charge on any atom is -0.372 e. The van der Waals surface area contributed by atoms with Crippen molar-refractivity contribution in [2.24, 2.45) is 0 Å². The summed E-state index contributed by atoms with van der Waals surface area (Å²) in [4.78, 5) is 11.5. The summed E-state index contributed by atoms with van der Waals surface area (Å²) < 4.78 is 15.4. The third-order valence-electron chi connectivity index (χ3n) is 6.80. The second-order valence-electron chi connectivity index (χ2n) is 8.99. The van der Waals surface area contributed by atoms with Crippen molar-refractivity contribution in [3.8, 4) is 0 Å². The Kier molecular flexibility index (Phi) is 6.13. The Morgan fingerprint density at radius 1 is 1.06 bits per heavy atom. The largest absolute Gasteiger partial charge is 0.372 e. The van der Waals surface area contributed by atoms with E-state index >= 15 is 0 Å². The normalized spacial score (nSPS) is 18.5. The van der Waals surface area contributed by atoms with Crippen LogP contribution in [0, 0.1) is 0 Å². The van der Waals surface area contributed by atoms with Gasteiger partial charge in [-0.1, -0.05) is 20.1 Å². The molecule has 1 unspecified atom stereocenters. The predicted molar refractivity (Wildman–Crippen MR) is 137 cm³/mol. The van der Waals surface area contributed by atoms with Crippen molar-refractivity contribution >= 4 is 28.5 Å². The van der Waals surface area contributed by atoms with Crippen LogP contribution in [0.1, 0.15) is 25.3 Å². The molecule has 0 spiro atoms. The Labute approximate surface area is 200 Å². The fourth-order valence-corrected chi connectivity index (χ4v) is 4.68. The van der Waals surface area contributed by atoms with Crippen molar-refractivity contribution in [3.05, 3.63) is 67.1 Å². The molecule has 1 atom stereocenters. The molecule has 7 nitrogen and oxygen atoms in total. The van der Waals surface area contributed by atoms with E-state index in [9.17, 15) is 4.39 Å². The second kappa shape index (κ2) is 9.37. The highest BCUT2D eigenvalue weighted by molar-refractivity contribution is 5.82. The monoisotopic (exact) mass is 461 g/mol. The molecule has 2 aromatic heterocycles. The lowest BCUT2D eigenvalue weighted by Gasteiger charge is -2.38. The van der Waals surface area contributed by atoms with Crippen LogP contribution in [0.2, 0.25) is 0 Å². The number of nitrogens with zero attached hydrogens (tertiary/aromatic N) is 6. The number of hydrogen-bond acceptors (Lipinski definition) is 6. The first-order valence-corrected chi connectivity index (χ1v) is 12.0. The fraction of sp³-hybridized carbons (Fsp3) is 0.385. The number of nitrogens with one attached hydrogen (secondary N) is 1. The van der Waals surface area contributed by atoms with Gasteiger partial charge in [-0.05, 0) is 43.2 Å². The molecule has 4 heterocycles. The summed E-state index contributed by atoms with van der Waals surface area (Å²) in [5.41, 5.74) is 5.66. The molecule has 1 N–H and O–H groups in total. The number of alkyl halides is 1. The summed E-state index contributed by atoms with van der Waals surface area (Å²) in [5.74, 6) is 0.772. The lowest BCUT2D eigenvalue weighted by atomic mass is 10.2. The van der Waals surface area contributed by atoms with Crippen LogP contribution in [0.15, 0.2) is 61.6 Å². The molecular formula is C26H32FN7. The van der Waals surface area contributed by atoms with Gasteiger partial charge in [-0.2, -0.15) is 5.10 Å². The van der Waals surface area contributed by atoms with Crippen LogP contribution in [-0.4, -0.2) is 64.9 Å². The summed E-state index contributed by atoms with van der Waals surface area (Å²) in [6, 6.07) is 10.3. The summed E-state index contributed by atoms with van der Waals surface area (Å²) in [6.07, 6.45) is 4.39. The van der Waals surface area contributed by atoms with Gasteiger partial charge in [-0.3, -0.25) is 0 Å². The van der Waals surface area contributed by atoms with Crippen LogP contribution < -0.4 is 15.1 Å². The van der Waals surface area contributed by atoms with E-state index in [1.165, 1.54) is 11.4 Å². The molecule has 0 bridgehead atoms. The second-order valence-corrected chi connectivity index (χ2v) is 8.99. The number of allylic oxidation sites excluding steroid dienone is 1. The van der Waals surface area contributed by atoms with Crippen molar-refractivity contribution < 1.29 is 4.39 Å². The maximum Gasteiger partial charge on any atom is 0.166 e. The van der Waals surface area contributed by atoms with Gasteiger partial charge in [0, 0.05) is 61.7 Å². The van der Waals surface area contributed by atoms with Gasteiger partial charge in [0.1, 0.15) is 12.0 Å². The summed E-state index contributed by atoms with van der Waals surface area (Å²) in [5, 5.41) is 7.80. The third kappa shape index (κ3) is 4.44. The summed E-state index contributed by atoms with van der Waals surface area (Å²) in [6.45, 7) is 15.6. The van der Waals surface area contributed by atoms with Gasteiger partial charge in [0.2, 0.25) is 0 Å². The highest BCUT2D eigenvalue weighted by Gasteiger charge is 2.23. The molecule has 1 aromatic carbocycles. The molecule has 2 saturated heterocycles. The summed E-state index contributed by atoms with van der Waals surface area (Å²) in [7, 11) is 0. The Morgan fingerprint density at radius 3 is 2.50 bits per heavy atom. The Balaban J connectivity index is 1.25. The predicted octanol–water partition coefficient (Wildman–Crippen LogP) is 4.41. The maximum absolute atomic E-state index is 13.7. The van der Waals surface area contributed by atoms with Gasteiger partial charge in [0.05, 0.1) is 18.3 Å². The van der Waals surface area contributed by atoms with Crippen LogP contribution >= 0.6 is 0 Å². The number of anilines is 3. The molecule has 0 saturated carbocycles. The lowest BCUT2D eigenvalue weighted by Crippen LogP contribution is -2.45. The first-order chi connectivity index (χ1) is 16.5. The molecule has 0 amide bonds. The van der Waals surface area contributed by atoms with Crippen LogP contribution in [0.5, 0.6) is 0 Å². The number of fused-ring (bicyclic) bond motifs is 1. The van der Waals surface area contributed by atoms with E-state index in [1.54, 1.807) is 10.7 Å². The zero-order valence-corrected chi connectivity index (χ0v) is 19.8. The lowest BCUT2D eigenvalue weighted by molar-refractivity contribution is 0.315. The Morgan fingerprint density at radius 2 is 1.82 bits per heavy atom. The van der Waals surface area contributed by atoms with Crippen molar-refractivity contribution in [1.82, 2.24) is 19.5 Å². The minimum atomic E-state index is -0.790. The van der Waals surface area contributed by atoms with Crippen molar-refractivity contribution in [1.29, 1.82) is 0 Å². The average molecular weight is 462 g/mol. The molecule has 2 fully saturated rings. The highest BCUT2D eigenvalue weighted by atomic mass is 19.1. The Bertz CT molecular complexity index is 1180. The number of benzene rings is 1. The van der Waals surface area contributed by atoms with Crippen molar-refractivity contribution in [2.75, 3.05) is 54.4 Å². The zero-order valence-electron chi connectivity index (χ0n) is 19.8. The van der Waals surface area contributed by atoms with Gasteiger partial charge in [0.25, 0.3) is 0 Å². The highest BCUT2D eigenvalue weighted by Crippen LogP contribution is 2.26. The van der Waals surface area contributed by atoms with Gasteiger partial charge in [0.15, 0.2) is 5.65 Å². The van der Waals surface area contributed by atoms with Gasteiger partial charge in [-0.15, -0.1) is 0 Å². The van der Waals surface area contributed by atoms with E-state index in [1.807, 2.05) is 17.2 Å². The number of piperazine rings is 1. The van der Waals surface area contributed by atoms with E-state index in [2.05, 4.69) is 64.6 Å². The van der Waals surface area contributed by atoms with Crippen LogP contribution in [0.3, 0.4) is 0 Å². The molecule has 3 aromatic rings. The molecule has 2 aliphatic heterocycles. The average Bonchev–Trinajstić information content (AvgIpc) is 3.50. The van der Waals surface area contributed by atoms with Crippen molar-refractivity contribution in [3.63, 3.8) is 0 Å². The molecule has 0 aliphatic carbocycles. The number of rotatable bonds is 7. The van der Waals surface area contributed by atoms with Gasteiger partial charge >= 0.3 is 0 Å². The van der Waals surface area contributed by atoms with E-state index in [4.69, 9.17) is 4.98 Å². The van der Waals surface area contributed by atoms with Crippen molar-refractivity contribution in [2.45, 2.75) is 25.9 Å².